The zero-order chi connectivity index (χ0) is 26.4. The van der Waals surface area contributed by atoms with Crippen LogP contribution in [0.3, 0.4) is 0 Å². The maximum absolute atomic E-state index is 11.7. The van der Waals surface area contributed by atoms with Gasteiger partial charge < -0.3 is 35.5 Å². The topological polar surface area (TPSA) is 159 Å². The number of nitrogens with one attached hydrogen (secondary N) is 3. The quantitative estimate of drug-likeness (QED) is 0.365. The number of aromatic nitrogens is 3. The van der Waals surface area contributed by atoms with Gasteiger partial charge in [0.15, 0.2) is 6.61 Å². The van der Waals surface area contributed by atoms with E-state index in [9.17, 15) is 14.4 Å². The summed E-state index contributed by atoms with van der Waals surface area (Å²) in [5, 5.41) is 17.5. The van der Waals surface area contributed by atoms with Crippen molar-refractivity contribution in [2.24, 2.45) is 0 Å². The fraction of sp³-hybridized carbons (Fsp3) is 0.520. The Bertz CT molecular complexity index is 1150. The Morgan fingerprint density at radius 1 is 1.24 bits per heavy atom. The minimum absolute atomic E-state index is 0.0580. The lowest BCUT2D eigenvalue weighted by molar-refractivity contribution is -0.140. The number of hydrogen-bond acceptors (Lipinski definition) is 10. The molecule has 2 aromatic heterocycles. The van der Waals surface area contributed by atoms with E-state index in [2.05, 4.69) is 47.7 Å². The van der Waals surface area contributed by atoms with Crippen molar-refractivity contribution in [3.63, 3.8) is 0 Å². The second-order valence-electron chi connectivity index (χ2n) is 9.34. The van der Waals surface area contributed by atoms with Gasteiger partial charge in [-0.25, -0.2) is 24.5 Å². The SMILES string of the molecule is Cc1nc(NCC(C=O)NC(=O)OCC(=O)O)c(C)c(N2CCC(c3ccc4c(n3)NCCC4)CC2)n1. The molecule has 1 saturated heterocycles. The first-order chi connectivity index (χ1) is 17.8. The van der Waals surface area contributed by atoms with Crippen molar-refractivity contribution < 1.29 is 24.2 Å². The Morgan fingerprint density at radius 3 is 2.76 bits per heavy atom. The number of carboxylic acids is 1. The van der Waals surface area contributed by atoms with Crippen molar-refractivity contribution in [3.05, 3.63) is 34.8 Å². The number of nitrogens with zero attached hydrogens (tertiary/aromatic N) is 4. The van der Waals surface area contributed by atoms with E-state index in [1.807, 2.05) is 13.8 Å². The first-order valence-electron chi connectivity index (χ1n) is 12.5. The number of carboxylic acid groups (broad SMARTS) is 1. The monoisotopic (exact) mass is 511 g/mol. The number of fused-ring (bicyclic) bond motifs is 1. The normalized spacial score (nSPS) is 16.2. The highest BCUT2D eigenvalue weighted by Crippen LogP contribution is 2.33. The summed E-state index contributed by atoms with van der Waals surface area (Å²) in [6.45, 7) is 5.65. The molecule has 1 fully saturated rings. The van der Waals surface area contributed by atoms with Crippen LogP contribution in [0.1, 0.15) is 47.8 Å². The summed E-state index contributed by atoms with van der Waals surface area (Å²) in [5.41, 5.74) is 3.28. The fourth-order valence-electron chi connectivity index (χ4n) is 4.71. The van der Waals surface area contributed by atoms with Crippen LogP contribution in [-0.2, 0) is 20.7 Å². The Kier molecular flexibility index (Phi) is 8.36. The number of aryl methyl sites for hydroxylation is 2. The van der Waals surface area contributed by atoms with Crippen LogP contribution in [0.5, 0.6) is 0 Å². The summed E-state index contributed by atoms with van der Waals surface area (Å²) < 4.78 is 4.52. The second-order valence-corrected chi connectivity index (χ2v) is 9.34. The van der Waals surface area contributed by atoms with Gasteiger partial charge in [0.25, 0.3) is 0 Å². The summed E-state index contributed by atoms with van der Waals surface area (Å²) in [6.07, 6.45) is 3.72. The number of piperidine rings is 1. The van der Waals surface area contributed by atoms with Crippen LogP contribution < -0.4 is 20.9 Å². The molecule has 12 heteroatoms. The number of amides is 1. The molecule has 0 radical (unpaired) electrons. The van der Waals surface area contributed by atoms with Gasteiger partial charge in [0.05, 0.1) is 0 Å². The van der Waals surface area contributed by atoms with Gasteiger partial charge in [0.1, 0.15) is 35.6 Å². The first kappa shape index (κ1) is 26.1. The van der Waals surface area contributed by atoms with Crippen molar-refractivity contribution in [2.75, 3.05) is 48.3 Å². The van der Waals surface area contributed by atoms with E-state index in [1.165, 1.54) is 5.56 Å². The molecule has 0 aliphatic carbocycles. The summed E-state index contributed by atoms with van der Waals surface area (Å²) in [6, 6.07) is 3.46. The van der Waals surface area contributed by atoms with Crippen molar-refractivity contribution in [1.29, 1.82) is 0 Å². The smallest absolute Gasteiger partial charge is 0.408 e. The highest BCUT2D eigenvalue weighted by molar-refractivity contribution is 5.77. The molecule has 37 heavy (non-hydrogen) atoms. The van der Waals surface area contributed by atoms with Crippen molar-refractivity contribution in [1.82, 2.24) is 20.3 Å². The van der Waals surface area contributed by atoms with E-state index >= 15 is 0 Å². The highest BCUT2D eigenvalue weighted by Gasteiger charge is 2.26. The summed E-state index contributed by atoms with van der Waals surface area (Å²) in [4.78, 5) is 50.0. The zero-order valence-electron chi connectivity index (χ0n) is 21.1. The van der Waals surface area contributed by atoms with Gasteiger partial charge in [-0.1, -0.05) is 6.07 Å². The number of anilines is 3. The number of ether oxygens (including phenoxy) is 1. The van der Waals surface area contributed by atoms with Crippen molar-refractivity contribution >= 4 is 35.8 Å². The van der Waals surface area contributed by atoms with Gasteiger partial charge in [0, 0.05) is 43.4 Å². The third-order valence-electron chi connectivity index (χ3n) is 6.64. The standard InChI is InChI=1S/C25H33N7O5/c1-15-22(27-12-19(13-33)30-25(36)37-14-21(34)35)28-16(2)29-24(15)32-10-7-17(8-11-32)20-6-5-18-4-3-9-26-23(18)31-20/h5-6,13,17,19H,3-4,7-12,14H2,1-2H3,(H,26,31)(H,30,36)(H,34,35)(H,27,28,29). The highest BCUT2D eigenvalue weighted by atomic mass is 16.6. The largest absolute Gasteiger partial charge is 0.479 e. The summed E-state index contributed by atoms with van der Waals surface area (Å²) in [7, 11) is 0. The average molecular weight is 512 g/mol. The van der Waals surface area contributed by atoms with Gasteiger partial charge in [-0.3, -0.25) is 0 Å². The minimum Gasteiger partial charge on any atom is -0.479 e. The van der Waals surface area contributed by atoms with Crippen LogP contribution in [0.2, 0.25) is 0 Å². The lowest BCUT2D eigenvalue weighted by Gasteiger charge is -2.34. The van der Waals surface area contributed by atoms with Crippen molar-refractivity contribution in [3.8, 4) is 0 Å². The van der Waals surface area contributed by atoms with E-state index in [1.54, 1.807) is 0 Å². The third kappa shape index (κ3) is 6.63. The average Bonchev–Trinajstić information content (AvgIpc) is 2.91. The molecule has 1 atom stereocenters. The van der Waals surface area contributed by atoms with Crippen LogP contribution in [0.25, 0.3) is 0 Å². The molecule has 2 aliphatic rings. The number of aldehydes is 1. The molecular weight excluding hydrogens is 478 g/mol. The fourth-order valence-corrected chi connectivity index (χ4v) is 4.71. The molecule has 4 heterocycles. The van der Waals surface area contributed by atoms with E-state index in [-0.39, 0.29) is 6.54 Å². The van der Waals surface area contributed by atoms with Crippen LogP contribution in [0.15, 0.2) is 12.1 Å². The number of hydrogen-bond donors (Lipinski definition) is 4. The Balaban J connectivity index is 1.37. The number of carbonyl (C=O) groups excluding carboxylic acids is 2. The third-order valence-corrected chi connectivity index (χ3v) is 6.64. The van der Waals surface area contributed by atoms with Gasteiger partial charge in [-0.15, -0.1) is 0 Å². The van der Waals surface area contributed by atoms with E-state index in [0.717, 1.165) is 68.2 Å². The van der Waals surface area contributed by atoms with Gasteiger partial charge in [-0.2, -0.15) is 0 Å². The Hall–Kier alpha value is -3.96. The Labute approximate surface area is 215 Å². The number of aliphatic carboxylic acids is 1. The molecule has 1 amide bonds. The van der Waals surface area contributed by atoms with Crippen LogP contribution in [0.4, 0.5) is 22.2 Å². The minimum atomic E-state index is -1.28. The molecule has 198 valence electrons. The lowest BCUT2D eigenvalue weighted by Crippen LogP contribution is -2.42. The van der Waals surface area contributed by atoms with E-state index < -0.39 is 24.7 Å². The molecule has 2 aliphatic heterocycles. The second kappa shape index (κ2) is 11.8. The molecule has 0 bridgehead atoms. The zero-order valence-corrected chi connectivity index (χ0v) is 21.1. The van der Waals surface area contributed by atoms with Crippen molar-refractivity contribution in [2.45, 2.75) is 51.5 Å². The molecule has 1 unspecified atom stereocenters. The maximum atomic E-state index is 11.7. The first-order valence-corrected chi connectivity index (χ1v) is 12.5. The molecule has 12 nitrogen and oxygen atoms in total. The van der Waals surface area contributed by atoms with Gasteiger partial charge >= 0.3 is 12.1 Å². The maximum Gasteiger partial charge on any atom is 0.408 e. The molecule has 0 spiro atoms. The summed E-state index contributed by atoms with van der Waals surface area (Å²) in [5.74, 6) is 2.14. The van der Waals surface area contributed by atoms with Crippen LogP contribution >= 0.6 is 0 Å². The Morgan fingerprint density at radius 2 is 2.03 bits per heavy atom. The van der Waals surface area contributed by atoms with Crippen LogP contribution in [0, 0.1) is 13.8 Å². The lowest BCUT2D eigenvalue weighted by atomic mass is 9.92. The predicted molar refractivity (Wildman–Crippen MR) is 137 cm³/mol. The molecular formula is C25H33N7O5. The molecule has 4 rings (SSSR count). The number of rotatable bonds is 9. The summed E-state index contributed by atoms with van der Waals surface area (Å²) >= 11 is 0. The number of alkyl carbamates (subject to hydrolysis) is 1. The number of carbonyl (C=O) groups is 3. The molecule has 0 saturated carbocycles. The van der Waals surface area contributed by atoms with Gasteiger partial charge in [-0.05, 0) is 51.2 Å². The number of pyridine rings is 1. The van der Waals surface area contributed by atoms with E-state index in [0.29, 0.717) is 23.8 Å². The van der Waals surface area contributed by atoms with Gasteiger partial charge in [0.2, 0.25) is 0 Å². The van der Waals surface area contributed by atoms with Crippen LogP contribution in [-0.4, -0.2) is 77.2 Å². The van der Waals surface area contributed by atoms with E-state index in [4.69, 9.17) is 10.1 Å². The molecule has 4 N–H and O–H groups in total. The molecule has 0 aromatic carbocycles. The molecule has 2 aromatic rings. The predicted octanol–water partition coefficient (Wildman–Crippen LogP) is 2.02.